The molecule has 0 aliphatic rings. The Bertz CT molecular complexity index is 1000. The molecule has 25 heavy (non-hydrogen) atoms. The Balaban J connectivity index is 1.98. The Morgan fingerprint density at radius 1 is 1.28 bits per heavy atom. The van der Waals surface area contributed by atoms with Gasteiger partial charge in [0, 0.05) is 5.38 Å². The molecular weight excluding hydrogens is 344 g/mol. The summed E-state index contributed by atoms with van der Waals surface area (Å²) < 4.78 is 6.36. The van der Waals surface area contributed by atoms with Crippen molar-refractivity contribution in [2.24, 2.45) is 0 Å². The molecule has 0 aliphatic heterocycles. The van der Waals surface area contributed by atoms with Gasteiger partial charge in [0.05, 0.1) is 36.0 Å². The minimum absolute atomic E-state index is 0.173. The summed E-state index contributed by atoms with van der Waals surface area (Å²) in [7, 11) is 0. The van der Waals surface area contributed by atoms with Gasteiger partial charge in [-0.05, 0) is 24.6 Å². The number of rotatable bonds is 5. The molecule has 0 saturated heterocycles. The maximum atomic E-state index is 12.7. The molecule has 3 rings (SSSR count). The van der Waals surface area contributed by atoms with E-state index in [9.17, 15) is 14.4 Å². The maximum Gasteiger partial charge on any atom is 0.339 e. The van der Waals surface area contributed by atoms with Gasteiger partial charge in [0.15, 0.2) is 0 Å². The van der Waals surface area contributed by atoms with Crippen molar-refractivity contribution in [3.63, 3.8) is 0 Å². The number of aromatic carboxylic acids is 1. The number of carboxylic acids is 1. The minimum Gasteiger partial charge on any atom is -0.478 e. The van der Waals surface area contributed by atoms with Crippen LogP contribution < -0.4 is 5.56 Å². The molecule has 0 fully saturated rings. The number of thiophene rings is 1. The number of carboxylic acid groups (broad SMARTS) is 1. The third-order valence-electron chi connectivity index (χ3n) is 3.61. The minimum atomic E-state index is -1.01. The second kappa shape index (κ2) is 6.86. The first-order chi connectivity index (χ1) is 12.0. The lowest BCUT2D eigenvalue weighted by Crippen LogP contribution is -2.22. The molecule has 0 aliphatic carbocycles. The number of hydrogen-bond donors (Lipinski definition) is 1. The number of ether oxygens (including phenoxy) is 1. The van der Waals surface area contributed by atoms with Crippen LogP contribution in [0.25, 0.3) is 10.2 Å². The summed E-state index contributed by atoms with van der Waals surface area (Å²) in [6, 6.07) is 6.23. The van der Waals surface area contributed by atoms with Gasteiger partial charge in [0.2, 0.25) is 0 Å². The van der Waals surface area contributed by atoms with Crippen molar-refractivity contribution < 1.29 is 19.4 Å². The smallest absolute Gasteiger partial charge is 0.339 e. The van der Waals surface area contributed by atoms with Gasteiger partial charge in [-0.15, -0.1) is 11.3 Å². The zero-order valence-corrected chi connectivity index (χ0v) is 14.1. The second-order valence-corrected chi connectivity index (χ2v) is 6.09. The van der Waals surface area contributed by atoms with Gasteiger partial charge < -0.3 is 9.84 Å². The van der Waals surface area contributed by atoms with Crippen LogP contribution in [0.15, 0.2) is 40.8 Å². The monoisotopic (exact) mass is 358 g/mol. The Morgan fingerprint density at radius 2 is 2.00 bits per heavy atom. The van der Waals surface area contributed by atoms with Gasteiger partial charge in [0.25, 0.3) is 5.56 Å². The van der Waals surface area contributed by atoms with Crippen molar-refractivity contribution >= 4 is 33.5 Å². The third kappa shape index (κ3) is 3.29. The van der Waals surface area contributed by atoms with Gasteiger partial charge in [-0.2, -0.15) is 0 Å². The van der Waals surface area contributed by atoms with Gasteiger partial charge in [-0.25, -0.2) is 14.6 Å². The van der Waals surface area contributed by atoms with E-state index in [0.29, 0.717) is 4.83 Å². The number of esters is 1. The number of carbonyl (C=O) groups excluding carboxylic acids is 1. The molecule has 3 aromatic rings. The van der Waals surface area contributed by atoms with E-state index >= 15 is 0 Å². The first-order valence-electron chi connectivity index (χ1n) is 7.47. The predicted molar refractivity (Wildman–Crippen MR) is 92.3 cm³/mol. The molecule has 0 saturated carbocycles. The van der Waals surface area contributed by atoms with Gasteiger partial charge >= 0.3 is 11.9 Å². The van der Waals surface area contributed by atoms with Gasteiger partial charge in [-0.1, -0.05) is 12.1 Å². The van der Waals surface area contributed by atoms with Gasteiger partial charge in [-0.3, -0.25) is 9.36 Å². The van der Waals surface area contributed by atoms with Crippen molar-refractivity contribution in [1.82, 2.24) is 9.55 Å². The molecule has 7 nitrogen and oxygen atoms in total. The average Bonchev–Trinajstić information content (AvgIpc) is 3.03. The van der Waals surface area contributed by atoms with E-state index in [-0.39, 0.29) is 35.2 Å². The molecular formula is C17H14N2O5S. The van der Waals surface area contributed by atoms with Crippen LogP contribution in [0.3, 0.4) is 0 Å². The van der Waals surface area contributed by atoms with E-state index in [1.807, 2.05) is 0 Å². The SMILES string of the molecule is CCOC(=O)c1csc2ncn(Cc3ccc(C(=O)O)cc3)c(=O)c12. The lowest BCUT2D eigenvalue weighted by molar-refractivity contribution is 0.0528. The number of carbonyl (C=O) groups is 2. The molecule has 8 heteroatoms. The third-order valence-corrected chi connectivity index (χ3v) is 4.50. The van der Waals surface area contributed by atoms with E-state index in [1.165, 1.54) is 34.4 Å². The number of nitrogens with zero attached hydrogens (tertiary/aromatic N) is 2. The molecule has 0 atom stereocenters. The van der Waals surface area contributed by atoms with Crippen LogP contribution in [0.2, 0.25) is 0 Å². The summed E-state index contributed by atoms with van der Waals surface area (Å²) in [6.45, 7) is 2.14. The Labute approximate surface area is 146 Å². The predicted octanol–water partition coefficient (Wildman–Crippen LogP) is 2.38. The summed E-state index contributed by atoms with van der Waals surface area (Å²) in [5, 5.41) is 10.7. The summed E-state index contributed by atoms with van der Waals surface area (Å²) in [6.07, 6.45) is 1.42. The highest BCUT2D eigenvalue weighted by Crippen LogP contribution is 2.21. The fourth-order valence-electron chi connectivity index (χ4n) is 2.39. The molecule has 2 aromatic heterocycles. The molecule has 2 heterocycles. The standard InChI is InChI=1S/C17H14N2O5S/c1-2-24-17(23)12-8-25-14-13(12)15(20)19(9-18-14)7-10-3-5-11(6-4-10)16(21)22/h3-6,8-9H,2,7H2,1H3,(H,21,22). The zero-order valence-electron chi connectivity index (χ0n) is 13.3. The lowest BCUT2D eigenvalue weighted by Gasteiger charge is -2.06. The first kappa shape index (κ1) is 16.8. The largest absolute Gasteiger partial charge is 0.478 e. The fraction of sp³-hybridized carbons (Fsp3) is 0.176. The highest BCUT2D eigenvalue weighted by molar-refractivity contribution is 7.17. The van der Waals surface area contributed by atoms with Crippen LogP contribution in [0.1, 0.15) is 33.2 Å². The van der Waals surface area contributed by atoms with Crippen LogP contribution in [-0.2, 0) is 11.3 Å². The molecule has 0 spiro atoms. The topological polar surface area (TPSA) is 98.5 Å². The highest BCUT2D eigenvalue weighted by atomic mass is 32.1. The van der Waals surface area contributed by atoms with Crippen LogP contribution in [0, 0.1) is 0 Å². The Hall–Kier alpha value is -3.00. The fourth-order valence-corrected chi connectivity index (χ4v) is 3.26. The van der Waals surface area contributed by atoms with Crippen LogP contribution in [-0.4, -0.2) is 33.2 Å². The zero-order chi connectivity index (χ0) is 18.0. The Kier molecular flexibility index (Phi) is 4.62. The maximum absolute atomic E-state index is 12.7. The van der Waals surface area contributed by atoms with Gasteiger partial charge in [0.1, 0.15) is 4.83 Å². The number of aromatic nitrogens is 2. The molecule has 1 N–H and O–H groups in total. The summed E-state index contributed by atoms with van der Waals surface area (Å²) in [5.41, 5.74) is 0.805. The number of benzene rings is 1. The molecule has 0 radical (unpaired) electrons. The number of hydrogen-bond acceptors (Lipinski definition) is 6. The molecule has 0 unspecified atom stereocenters. The van der Waals surface area contributed by atoms with Crippen LogP contribution in [0.4, 0.5) is 0 Å². The molecule has 1 aromatic carbocycles. The average molecular weight is 358 g/mol. The second-order valence-electron chi connectivity index (χ2n) is 5.23. The van der Waals surface area contributed by atoms with E-state index in [2.05, 4.69) is 4.98 Å². The van der Waals surface area contributed by atoms with E-state index in [0.717, 1.165) is 5.56 Å². The highest BCUT2D eigenvalue weighted by Gasteiger charge is 2.18. The van der Waals surface area contributed by atoms with Crippen LogP contribution in [0.5, 0.6) is 0 Å². The normalized spacial score (nSPS) is 10.8. The summed E-state index contributed by atoms with van der Waals surface area (Å²) in [5.74, 6) is -1.56. The van der Waals surface area contributed by atoms with Crippen molar-refractivity contribution in [3.8, 4) is 0 Å². The van der Waals surface area contributed by atoms with E-state index < -0.39 is 11.9 Å². The molecule has 0 amide bonds. The van der Waals surface area contributed by atoms with Crippen molar-refractivity contribution in [3.05, 3.63) is 63.0 Å². The number of fused-ring (bicyclic) bond motifs is 1. The van der Waals surface area contributed by atoms with Crippen LogP contribution >= 0.6 is 11.3 Å². The first-order valence-corrected chi connectivity index (χ1v) is 8.35. The van der Waals surface area contributed by atoms with E-state index in [1.54, 1.807) is 24.4 Å². The summed E-state index contributed by atoms with van der Waals surface area (Å²) in [4.78, 5) is 40.3. The molecule has 0 bridgehead atoms. The quantitative estimate of drug-likeness (QED) is 0.703. The molecule has 128 valence electrons. The van der Waals surface area contributed by atoms with E-state index in [4.69, 9.17) is 9.84 Å². The van der Waals surface area contributed by atoms with Crippen molar-refractivity contribution in [1.29, 1.82) is 0 Å². The lowest BCUT2D eigenvalue weighted by atomic mass is 10.1. The van der Waals surface area contributed by atoms with Crippen molar-refractivity contribution in [2.45, 2.75) is 13.5 Å². The summed E-state index contributed by atoms with van der Waals surface area (Å²) >= 11 is 1.21. The van der Waals surface area contributed by atoms with Crippen molar-refractivity contribution in [2.75, 3.05) is 6.61 Å². The Morgan fingerprint density at radius 3 is 2.64 bits per heavy atom.